The lowest BCUT2D eigenvalue weighted by Crippen LogP contribution is -1.88. The number of hydrogen-bond donors (Lipinski definition) is 0. The van der Waals surface area contributed by atoms with E-state index in [2.05, 4.69) is 63.2 Å². The van der Waals surface area contributed by atoms with Crippen molar-refractivity contribution in [1.82, 2.24) is 4.98 Å². The Kier molecular flexibility index (Phi) is 3.81. The maximum absolute atomic E-state index is 6.32. The molecule has 0 spiro atoms. The van der Waals surface area contributed by atoms with Crippen LogP contribution in [0.3, 0.4) is 0 Å². The normalized spacial score (nSPS) is 11.7. The second-order valence-corrected chi connectivity index (χ2v) is 8.27. The molecule has 0 saturated carbocycles. The predicted octanol–water partition coefficient (Wildman–Crippen LogP) is 7.99. The zero-order valence-electron chi connectivity index (χ0n) is 17.7. The van der Waals surface area contributed by atoms with Crippen LogP contribution in [0.15, 0.2) is 81.8 Å². The van der Waals surface area contributed by atoms with Crippen molar-refractivity contribution in [2.24, 2.45) is 0 Å². The van der Waals surface area contributed by atoms with E-state index in [0.717, 1.165) is 55.5 Å². The van der Waals surface area contributed by atoms with E-state index in [-0.39, 0.29) is 0 Å². The van der Waals surface area contributed by atoms with E-state index in [4.69, 9.17) is 13.8 Å². The lowest BCUT2D eigenvalue weighted by molar-refractivity contribution is 0.630. The molecule has 0 amide bonds. The number of aryl methyl sites for hydroxylation is 3. The molecule has 3 aromatic carbocycles. The molecule has 6 rings (SSSR count). The van der Waals surface area contributed by atoms with Gasteiger partial charge in [0.2, 0.25) is 0 Å². The Morgan fingerprint density at radius 1 is 0.710 bits per heavy atom. The SMILES string of the molecule is Cc1cc(C)c(-c2cc3cnc(-c4cccc5c4oc4ccccc45)cc3o2)c(C)c1. The van der Waals surface area contributed by atoms with Crippen molar-refractivity contribution in [2.45, 2.75) is 20.8 Å². The number of nitrogens with zero attached hydrogens (tertiary/aromatic N) is 1. The van der Waals surface area contributed by atoms with Gasteiger partial charge in [0, 0.05) is 39.5 Å². The maximum Gasteiger partial charge on any atom is 0.144 e. The number of fused-ring (bicyclic) bond motifs is 4. The van der Waals surface area contributed by atoms with Crippen LogP contribution >= 0.6 is 0 Å². The van der Waals surface area contributed by atoms with Crippen LogP contribution in [0.1, 0.15) is 16.7 Å². The average molecular weight is 403 g/mol. The molecule has 0 saturated heterocycles. The van der Waals surface area contributed by atoms with Crippen molar-refractivity contribution < 1.29 is 8.83 Å². The van der Waals surface area contributed by atoms with E-state index in [1.807, 2.05) is 30.5 Å². The Bertz CT molecular complexity index is 1590. The van der Waals surface area contributed by atoms with Crippen molar-refractivity contribution in [3.63, 3.8) is 0 Å². The van der Waals surface area contributed by atoms with Crippen LogP contribution in [0, 0.1) is 20.8 Å². The first-order valence-electron chi connectivity index (χ1n) is 10.5. The van der Waals surface area contributed by atoms with Crippen LogP contribution < -0.4 is 0 Å². The third-order valence-electron chi connectivity index (χ3n) is 6.01. The van der Waals surface area contributed by atoms with E-state index in [9.17, 15) is 0 Å². The van der Waals surface area contributed by atoms with Gasteiger partial charge in [-0.15, -0.1) is 0 Å². The van der Waals surface area contributed by atoms with Gasteiger partial charge in [0.15, 0.2) is 0 Å². The zero-order valence-corrected chi connectivity index (χ0v) is 17.7. The predicted molar refractivity (Wildman–Crippen MR) is 126 cm³/mol. The summed E-state index contributed by atoms with van der Waals surface area (Å²) in [6.45, 7) is 6.39. The molecular formula is C28H21NO2. The van der Waals surface area contributed by atoms with Crippen LogP contribution in [0.2, 0.25) is 0 Å². The van der Waals surface area contributed by atoms with Gasteiger partial charge in [-0.1, -0.05) is 48.0 Å². The molecule has 3 nitrogen and oxygen atoms in total. The monoisotopic (exact) mass is 403 g/mol. The summed E-state index contributed by atoms with van der Waals surface area (Å²) in [5.74, 6) is 0.880. The molecule has 3 heterocycles. The Morgan fingerprint density at radius 2 is 1.48 bits per heavy atom. The fourth-order valence-electron chi connectivity index (χ4n) is 4.72. The summed E-state index contributed by atoms with van der Waals surface area (Å²) in [4.78, 5) is 4.74. The van der Waals surface area contributed by atoms with Crippen LogP contribution in [-0.2, 0) is 0 Å². The second kappa shape index (κ2) is 6.58. The molecular weight excluding hydrogens is 382 g/mol. The van der Waals surface area contributed by atoms with Gasteiger partial charge >= 0.3 is 0 Å². The molecule has 0 aliphatic rings. The highest BCUT2D eigenvalue weighted by atomic mass is 16.3. The zero-order chi connectivity index (χ0) is 21.1. The van der Waals surface area contributed by atoms with Crippen LogP contribution in [0.25, 0.3) is 55.5 Å². The van der Waals surface area contributed by atoms with E-state index in [1.165, 1.54) is 16.7 Å². The summed E-state index contributed by atoms with van der Waals surface area (Å²) in [5, 5.41) is 3.21. The minimum atomic E-state index is 0.826. The highest BCUT2D eigenvalue weighted by molar-refractivity contribution is 6.09. The van der Waals surface area contributed by atoms with E-state index < -0.39 is 0 Å². The van der Waals surface area contributed by atoms with Gasteiger partial charge in [-0.3, -0.25) is 4.98 Å². The van der Waals surface area contributed by atoms with Crippen molar-refractivity contribution in [2.75, 3.05) is 0 Å². The first-order chi connectivity index (χ1) is 15.1. The summed E-state index contributed by atoms with van der Waals surface area (Å²) < 4.78 is 12.5. The van der Waals surface area contributed by atoms with Gasteiger partial charge in [-0.25, -0.2) is 0 Å². The number of para-hydroxylation sites is 2. The minimum Gasteiger partial charge on any atom is -0.456 e. The summed E-state index contributed by atoms with van der Waals surface area (Å²) in [6, 6.07) is 22.8. The third kappa shape index (κ3) is 2.77. The molecule has 0 N–H and O–H groups in total. The molecule has 31 heavy (non-hydrogen) atoms. The van der Waals surface area contributed by atoms with E-state index in [1.54, 1.807) is 0 Å². The Morgan fingerprint density at radius 3 is 2.32 bits per heavy atom. The van der Waals surface area contributed by atoms with Crippen molar-refractivity contribution in [3.05, 3.63) is 89.6 Å². The number of benzene rings is 3. The van der Waals surface area contributed by atoms with Crippen molar-refractivity contribution in [1.29, 1.82) is 0 Å². The topological polar surface area (TPSA) is 39.2 Å². The summed E-state index contributed by atoms with van der Waals surface area (Å²) in [6.07, 6.45) is 1.89. The van der Waals surface area contributed by atoms with Crippen LogP contribution in [0.5, 0.6) is 0 Å². The molecule has 0 fully saturated rings. The quantitative estimate of drug-likeness (QED) is 0.294. The number of furan rings is 2. The van der Waals surface area contributed by atoms with Gasteiger partial charge < -0.3 is 8.83 Å². The average Bonchev–Trinajstić information content (AvgIpc) is 3.33. The van der Waals surface area contributed by atoms with Gasteiger partial charge in [-0.2, -0.15) is 0 Å². The standard InChI is InChI=1S/C28H21NO2/c1-16-11-17(2)27(18(3)12-16)26-13-19-15-29-23(14-25(19)30-26)22-9-6-8-21-20-7-4-5-10-24(20)31-28(21)22/h4-15H,1-3H3. The summed E-state index contributed by atoms with van der Waals surface area (Å²) >= 11 is 0. The minimum absolute atomic E-state index is 0.826. The molecule has 0 unspecified atom stereocenters. The largest absolute Gasteiger partial charge is 0.456 e. The molecule has 6 aromatic rings. The fourth-order valence-corrected chi connectivity index (χ4v) is 4.72. The van der Waals surface area contributed by atoms with Gasteiger partial charge in [0.05, 0.1) is 5.69 Å². The molecule has 150 valence electrons. The number of rotatable bonds is 2. The summed E-state index contributed by atoms with van der Waals surface area (Å²) in [5.41, 5.74) is 9.23. The Hall–Kier alpha value is -3.85. The highest BCUT2D eigenvalue weighted by Gasteiger charge is 2.16. The van der Waals surface area contributed by atoms with E-state index in [0.29, 0.717) is 0 Å². The number of hydrogen-bond acceptors (Lipinski definition) is 3. The molecule has 0 atom stereocenters. The van der Waals surface area contributed by atoms with Gasteiger partial charge in [0.1, 0.15) is 22.5 Å². The van der Waals surface area contributed by atoms with Crippen molar-refractivity contribution in [3.8, 4) is 22.6 Å². The molecule has 0 aliphatic heterocycles. The van der Waals surface area contributed by atoms with Crippen LogP contribution in [-0.4, -0.2) is 4.98 Å². The maximum atomic E-state index is 6.32. The molecule has 0 aliphatic carbocycles. The summed E-state index contributed by atoms with van der Waals surface area (Å²) in [7, 11) is 0. The Balaban J connectivity index is 1.53. The molecule has 3 heteroatoms. The third-order valence-corrected chi connectivity index (χ3v) is 6.01. The molecule has 3 aromatic heterocycles. The fraction of sp³-hybridized carbons (Fsp3) is 0.107. The van der Waals surface area contributed by atoms with Crippen molar-refractivity contribution >= 4 is 32.9 Å². The smallest absolute Gasteiger partial charge is 0.144 e. The van der Waals surface area contributed by atoms with Crippen LogP contribution in [0.4, 0.5) is 0 Å². The first-order valence-corrected chi connectivity index (χ1v) is 10.5. The lowest BCUT2D eigenvalue weighted by atomic mass is 9.98. The molecule has 0 radical (unpaired) electrons. The van der Waals surface area contributed by atoms with Gasteiger partial charge in [-0.05, 0) is 50.1 Å². The number of pyridine rings is 1. The molecule has 0 bridgehead atoms. The highest BCUT2D eigenvalue weighted by Crippen LogP contribution is 2.37. The Labute approximate surface area is 179 Å². The second-order valence-electron chi connectivity index (χ2n) is 8.27. The lowest BCUT2D eigenvalue weighted by Gasteiger charge is -2.08. The van der Waals surface area contributed by atoms with Gasteiger partial charge in [0.25, 0.3) is 0 Å². The first kappa shape index (κ1) is 18.0. The number of aromatic nitrogens is 1. The van der Waals surface area contributed by atoms with E-state index >= 15 is 0 Å².